The third kappa shape index (κ3) is 5.41. The van der Waals surface area contributed by atoms with Crippen LogP contribution < -0.4 is 5.32 Å². The molecule has 0 aliphatic rings. The van der Waals surface area contributed by atoms with Crippen molar-refractivity contribution >= 4 is 11.6 Å². The van der Waals surface area contributed by atoms with E-state index >= 15 is 0 Å². The molecule has 0 fully saturated rings. The number of benzene rings is 1. The summed E-state index contributed by atoms with van der Waals surface area (Å²) in [5, 5.41) is 2.70. The lowest BCUT2D eigenvalue weighted by molar-refractivity contribution is -0.141. The van der Waals surface area contributed by atoms with Gasteiger partial charge in [0.25, 0.3) is 5.91 Å². The number of amides is 1. The Morgan fingerprint density at radius 3 is 2.22 bits per heavy atom. The SMILES string of the molecule is CC(C)CC(CNC(=O)c1cccc2nc(C(F)(F)F)cn12)c1ccc(C(F)(F)F)cc1. The first-order valence-corrected chi connectivity index (χ1v) is 9.87. The molecule has 0 bridgehead atoms. The van der Waals surface area contributed by atoms with Crippen molar-refractivity contribution in [1.82, 2.24) is 14.7 Å². The molecule has 1 N–H and O–H groups in total. The van der Waals surface area contributed by atoms with Crippen LogP contribution in [0.15, 0.2) is 48.7 Å². The van der Waals surface area contributed by atoms with Crippen molar-refractivity contribution in [1.29, 1.82) is 0 Å². The van der Waals surface area contributed by atoms with Gasteiger partial charge in [-0.2, -0.15) is 26.3 Å². The van der Waals surface area contributed by atoms with Crippen LogP contribution in [0, 0.1) is 5.92 Å². The number of alkyl halides is 6. The molecule has 1 unspecified atom stereocenters. The summed E-state index contributed by atoms with van der Waals surface area (Å²) < 4.78 is 78.5. The van der Waals surface area contributed by atoms with Gasteiger partial charge in [-0.1, -0.05) is 32.0 Å². The Morgan fingerprint density at radius 2 is 1.66 bits per heavy atom. The van der Waals surface area contributed by atoms with Crippen LogP contribution >= 0.6 is 0 Å². The monoisotopic (exact) mass is 457 g/mol. The van der Waals surface area contributed by atoms with E-state index in [2.05, 4.69) is 10.3 Å². The molecule has 32 heavy (non-hydrogen) atoms. The van der Waals surface area contributed by atoms with E-state index < -0.39 is 29.5 Å². The number of carbonyl (C=O) groups is 1. The van der Waals surface area contributed by atoms with Gasteiger partial charge in [-0.15, -0.1) is 0 Å². The summed E-state index contributed by atoms with van der Waals surface area (Å²) in [4.78, 5) is 16.2. The number of halogens is 6. The van der Waals surface area contributed by atoms with Gasteiger partial charge in [-0.05, 0) is 42.2 Å². The molecule has 0 spiro atoms. The summed E-state index contributed by atoms with van der Waals surface area (Å²) in [7, 11) is 0. The Labute approximate surface area is 180 Å². The van der Waals surface area contributed by atoms with Crippen molar-refractivity contribution in [3.05, 3.63) is 71.2 Å². The zero-order valence-corrected chi connectivity index (χ0v) is 17.3. The molecule has 10 heteroatoms. The molecule has 0 aliphatic carbocycles. The molecule has 0 saturated heterocycles. The first-order valence-electron chi connectivity index (χ1n) is 9.87. The van der Waals surface area contributed by atoms with Crippen LogP contribution in [0.1, 0.15) is 53.5 Å². The number of carbonyl (C=O) groups excluding carboxylic acids is 1. The number of imidazole rings is 1. The van der Waals surface area contributed by atoms with Crippen LogP contribution in [-0.2, 0) is 12.4 Å². The van der Waals surface area contributed by atoms with Crippen molar-refractivity contribution in [2.75, 3.05) is 6.54 Å². The number of nitrogens with one attached hydrogen (secondary N) is 1. The van der Waals surface area contributed by atoms with Crippen molar-refractivity contribution in [2.24, 2.45) is 5.92 Å². The second kappa shape index (κ2) is 8.84. The summed E-state index contributed by atoms with van der Waals surface area (Å²) in [6.07, 6.45) is -7.74. The maximum atomic E-state index is 13.0. The molecule has 3 rings (SSSR count). The molecule has 172 valence electrons. The van der Waals surface area contributed by atoms with E-state index in [1.54, 1.807) is 0 Å². The predicted octanol–water partition coefficient (Wildman–Crippen LogP) is 5.93. The minimum absolute atomic E-state index is 0.0218. The summed E-state index contributed by atoms with van der Waals surface area (Å²) >= 11 is 0. The van der Waals surface area contributed by atoms with Crippen molar-refractivity contribution in [2.45, 2.75) is 38.5 Å². The van der Waals surface area contributed by atoms with Gasteiger partial charge >= 0.3 is 12.4 Å². The molecule has 0 aliphatic heterocycles. The number of rotatable bonds is 6. The smallest absolute Gasteiger partial charge is 0.350 e. The van der Waals surface area contributed by atoms with Crippen molar-refractivity contribution in [3.63, 3.8) is 0 Å². The highest BCUT2D eigenvalue weighted by atomic mass is 19.4. The lowest BCUT2D eigenvalue weighted by atomic mass is 9.89. The average Bonchev–Trinajstić information content (AvgIpc) is 3.15. The number of hydrogen-bond acceptors (Lipinski definition) is 2. The van der Waals surface area contributed by atoms with Crippen molar-refractivity contribution < 1.29 is 31.1 Å². The second-order valence-corrected chi connectivity index (χ2v) is 7.92. The summed E-state index contributed by atoms with van der Waals surface area (Å²) in [5.74, 6) is -0.679. The molecule has 0 radical (unpaired) electrons. The van der Waals surface area contributed by atoms with Crippen LogP contribution in [0.4, 0.5) is 26.3 Å². The molecule has 0 saturated carbocycles. The highest BCUT2D eigenvalue weighted by Crippen LogP contribution is 2.32. The Hall–Kier alpha value is -3.04. The minimum Gasteiger partial charge on any atom is -0.350 e. The van der Waals surface area contributed by atoms with E-state index in [9.17, 15) is 31.1 Å². The lowest BCUT2D eigenvalue weighted by Crippen LogP contribution is -2.30. The van der Waals surface area contributed by atoms with Gasteiger partial charge in [0, 0.05) is 18.7 Å². The Bertz CT molecular complexity index is 1080. The van der Waals surface area contributed by atoms with Gasteiger partial charge in [0.05, 0.1) is 5.56 Å². The average molecular weight is 457 g/mol. The van der Waals surface area contributed by atoms with E-state index in [0.29, 0.717) is 12.0 Å². The fourth-order valence-electron chi connectivity index (χ4n) is 3.49. The van der Waals surface area contributed by atoms with Gasteiger partial charge in [0.1, 0.15) is 11.3 Å². The quantitative estimate of drug-likeness (QED) is 0.467. The van der Waals surface area contributed by atoms with E-state index in [-0.39, 0.29) is 29.7 Å². The lowest BCUT2D eigenvalue weighted by Gasteiger charge is -2.21. The molecule has 1 aromatic carbocycles. The highest BCUT2D eigenvalue weighted by molar-refractivity contribution is 5.93. The maximum absolute atomic E-state index is 13.0. The summed E-state index contributed by atoms with van der Waals surface area (Å²) in [5.41, 5.74) is -1.29. The van der Waals surface area contributed by atoms with Crippen LogP contribution in [0.2, 0.25) is 0 Å². The van der Waals surface area contributed by atoms with E-state index in [4.69, 9.17) is 0 Å². The number of pyridine rings is 1. The van der Waals surface area contributed by atoms with E-state index in [0.717, 1.165) is 22.7 Å². The predicted molar refractivity (Wildman–Crippen MR) is 106 cm³/mol. The molecule has 4 nitrogen and oxygen atoms in total. The van der Waals surface area contributed by atoms with Crippen LogP contribution in [0.5, 0.6) is 0 Å². The fourth-order valence-corrected chi connectivity index (χ4v) is 3.49. The summed E-state index contributed by atoms with van der Waals surface area (Å²) in [6.45, 7) is 4.01. The Kier molecular flexibility index (Phi) is 6.52. The Morgan fingerprint density at radius 1 is 1.00 bits per heavy atom. The largest absolute Gasteiger partial charge is 0.434 e. The van der Waals surface area contributed by atoms with Crippen molar-refractivity contribution in [3.8, 4) is 0 Å². The number of aromatic nitrogens is 2. The van der Waals surface area contributed by atoms with Gasteiger partial charge in [-0.3, -0.25) is 9.20 Å². The van der Waals surface area contributed by atoms with E-state index in [1.165, 1.54) is 30.3 Å². The molecular formula is C22H21F6N3O. The zero-order valence-electron chi connectivity index (χ0n) is 17.3. The van der Waals surface area contributed by atoms with Crippen LogP contribution in [-0.4, -0.2) is 21.8 Å². The van der Waals surface area contributed by atoms with Gasteiger partial charge in [0.2, 0.25) is 0 Å². The van der Waals surface area contributed by atoms with Gasteiger partial charge < -0.3 is 5.32 Å². The van der Waals surface area contributed by atoms with Gasteiger partial charge in [0.15, 0.2) is 5.69 Å². The first-order chi connectivity index (χ1) is 14.9. The van der Waals surface area contributed by atoms with E-state index in [1.807, 2.05) is 13.8 Å². The Balaban J connectivity index is 1.81. The highest BCUT2D eigenvalue weighted by Gasteiger charge is 2.34. The summed E-state index contributed by atoms with van der Waals surface area (Å²) in [6, 6.07) is 8.92. The molecular weight excluding hydrogens is 436 g/mol. The van der Waals surface area contributed by atoms with Crippen LogP contribution in [0.25, 0.3) is 5.65 Å². The normalized spacial score (nSPS) is 13.5. The minimum atomic E-state index is -4.65. The first kappa shape index (κ1) is 23.6. The molecule has 1 amide bonds. The van der Waals surface area contributed by atoms with Gasteiger partial charge in [-0.25, -0.2) is 4.98 Å². The molecule has 2 heterocycles. The number of fused-ring (bicyclic) bond motifs is 1. The standard InChI is InChI=1S/C22H21F6N3O/c1-13(2)10-15(14-6-8-16(9-7-14)21(23,24)25)11-29-20(32)17-4-3-5-19-30-18(12-31(17)19)22(26,27)28/h3-9,12-13,15H,10-11H2,1-2H3,(H,29,32). The number of hydrogen-bond donors (Lipinski definition) is 1. The molecule has 3 aromatic rings. The zero-order chi connectivity index (χ0) is 23.7. The third-order valence-corrected chi connectivity index (χ3v) is 4.99. The fraction of sp³-hybridized carbons (Fsp3) is 0.364. The molecule has 2 aromatic heterocycles. The third-order valence-electron chi connectivity index (χ3n) is 4.99. The second-order valence-electron chi connectivity index (χ2n) is 7.92. The topological polar surface area (TPSA) is 46.4 Å². The maximum Gasteiger partial charge on any atom is 0.434 e. The van der Waals surface area contributed by atoms with Crippen LogP contribution in [0.3, 0.4) is 0 Å². The molecule has 1 atom stereocenters. The number of nitrogens with zero attached hydrogens (tertiary/aromatic N) is 2.